The third kappa shape index (κ3) is 3.41. The third-order valence-electron chi connectivity index (χ3n) is 4.72. The van der Waals surface area contributed by atoms with Crippen molar-refractivity contribution in [2.24, 2.45) is 5.92 Å². The van der Waals surface area contributed by atoms with Crippen molar-refractivity contribution in [2.75, 3.05) is 24.6 Å². The molecule has 0 saturated carbocycles. The maximum atomic E-state index is 12.0. The van der Waals surface area contributed by atoms with E-state index in [1.807, 2.05) is 18.2 Å². The highest BCUT2D eigenvalue weighted by Gasteiger charge is 2.35. The molecule has 1 aromatic carbocycles. The minimum Gasteiger partial charge on any atom is -0.396 e. The number of carbonyl (C=O) groups excluding carboxylic acids is 3. The fraction of sp³-hybridized carbons (Fsp3) is 0.471. The van der Waals surface area contributed by atoms with Gasteiger partial charge in [-0.1, -0.05) is 12.1 Å². The smallest absolute Gasteiger partial charge is 0.328 e. The van der Waals surface area contributed by atoms with Crippen molar-refractivity contribution in [1.82, 2.24) is 10.6 Å². The molecule has 0 radical (unpaired) electrons. The summed E-state index contributed by atoms with van der Waals surface area (Å²) in [6.45, 7) is 2.00. The SMILES string of the molecule is O=C1NC(=O)C(c2cccc(N3CCC(CCO)CC3)c2)C(=O)N1. The van der Waals surface area contributed by atoms with Gasteiger partial charge in [0, 0.05) is 25.4 Å². The molecule has 2 aliphatic heterocycles. The number of hydrogen-bond acceptors (Lipinski definition) is 5. The Hall–Kier alpha value is -2.41. The Kier molecular flexibility index (Phi) is 4.80. The number of nitrogens with one attached hydrogen (secondary N) is 2. The van der Waals surface area contributed by atoms with Crippen LogP contribution in [0.15, 0.2) is 24.3 Å². The molecule has 7 nitrogen and oxygen atoms in total. The molecule has 0 bridgehead atoms. The molecule has 128 valence electrons. The molecule has 2 fully saturated rings. The highest BCUT2D eigenvalue weighted by Crippen LogP contribution is 2.28. The first kappa shape index (κ1) is 16.4. The van der Waals surface area contributed by atoms with Crippen molar-refractivity contribution in [3.05, 3.63) is 29.8 Å². The second-order valence-corrected chi connectivity index (χ2v) is 6.28. The number of carbonyl (C=O) groups is 3. The average Bonchev–Trinajstić information content (AvgIpc) is 2.55. The van der Waals surface area contributed by atoms with Gasteiger partial charge in [0.1, 0.15) is 5.92 Å². The zero-order chi connectivity index (χ0) is 17.1. The van der Waals surface area contributed by atoms with Crippen LogP contribution in [0.2, 0.25) is 0 Å². The fourth-order valence-electron chi connectivity index (χ4n) is 3.38. The van der Waals surface area contributed by atoms with Crippen LogP contribution in [0.5, 0.6) is 0 Å². The summed E-state index contributed by atoms with van der Waals surface area (Å²) in [4.78, 5) is 37.4. The lowest BCUT2D eigenvalue weighted by molar-refractivity contribution is -0.132. The number of barbiturate groups is 1. The van der Waals surface area contributed by atoms with Crippen molar-refractivity contribution in [2.45, 2.75) is 25.2 Å². The van der Waals surface area contributed by atoms with E-state index in [-0.39, 0.29) is 6.61 Å². The van der Waals surface area contributed by atoms with Gasteiger partial charge in [-0.25, -0.2) is 4.79 Å². The molecular formula is C17H21N3O4. The lowest BCUT2D eigenvalue weighted by Crippen LogP contribution is -2.54. The maximum Gasteiger partial charge on any atom is 0.328 e. The molecule has 0 atom stereocenters. The Morgan fingerprint density at radius 3 is 2.38 bits per heavy atom. The molecule has 0 aromatic heterocycles. The second-order valence-electron chi connectivity index (χ2n) is 6.28. The first-order valence-corrected chi connectivity index (χ1v) is 8.20. The number of benzene rings is 1. The molecule has 0 aliphatic carbocycles. The number of imide groups is 2. The van der Waals surface area contributed by atoms with Crippen molar-refractivity contribution < 1.29 is 19.5 Å². The van der Waals surface area contributed by atoms with E-state index in [1.165, 1.54) is 0 Å². The molecule has 24 heavy (non-hydrogen) atoms. The Morgan fingerprint density at radius 1 is 1.08 bits per heavy atom. The van der Waals surface area contributed by atoms with Gasteiger partial charge in [0.2, 0.25) is 11.8 Å². The van der Waals surface area contributed by atoms with Crippen LogP contribution in [0.3, 0.4) is 0 Å². The monoisotopic (exact) mass is 331 g/mol. The summed E-state index contributed by atoms with van der Waals surface area (Å²) in [5.41, 5.74) is 1.54. The van der Waals surface area contributed by atoms with Gasteiger partial charge < -0.3 is 10.0 Å². The summed E-state index contributed by atoms with van der Waals surface area (Å²) in [5.74, 6) is -1.64. The van der Waals surface area contributed by atoms with Crippen molar-refractivity contribution in [3.63, 3.8) is 0 Å². The molecule has 1 aromatic rings. The zero-order valence-corrected chi connectivity index (χ0v) is 13.3. The van der Waals surface area contributed by atoms with E-state index in [0.29, 0.717) is 11.5 Å². The lowest BCUT2D eigenvalue weighted by Gasteiger charge is -2.34. The van der Waals surface area contributed by atoms with Gasteiger partial charge in [-0.2, -0.15) is 0 Å². The average molecular weight is 331 g/mol. The van der Waals surface area contributed by atoms with E-state index in [4.69, 9.17) is 5.11 Å². The van der Waals surface area contributed by atoms with Crippen LogP contribution < -0.4 is 15.5 Å². The number of rotatable bonds is 4. The Balaban J connectivity index is 1.74. The predicted octanol–water partition coefficient (Wildman–Crippen LogP) is 0.735. The summed E-state index contributed by atoms with van der Waals surface area (Å²) < 4.78 is 0. The van der Waals surface area contributed by atoms with E-state index in [0.717, 1.165) is 38.0 Å². The number of aliphatic hydroxyl groups excluding tert-OH is 1. The van der Waals surface area contributed by atoms with E-state index >= 15 is 0 Å². The number of hydrogen-bond donors (Lipinski definition) is 3. The molecule has 0 spiro atoms. The molecule has 2 heterocycles. The molecule has 0 unspecified atom stereocenters. The van der Waals surface area contributed by atoms with Crippen LogP contribution in [-0.2, 0) is 9.59 Å². The number of piperidine rings is 1. The number of aliphatic hydroxyl groups is 1. The Bertz CT molecular complexity index is 633. The van der Waals surface area contributed by atoms with Crippen LogP contribution in [0, 0.1) is 5.92 Å². The zero-order valence-electron chi connectivity index (χ0n) is 13.3. The lowest BCUT2D eigenvalue weighted by atomic mass is 9.92. The van der Waals surface area contributed by atoms with Crippen LogP contribution >= 0.6 is 0 Å². The summed E-state index contributed by atoms with van der Waals surface area (Å²) >= 11 is 0. The number of nitrogens with zero attached hydrogens (tertiary/aromatic N) is 1. The van der Waals surface area contributed by atoms with E-state index in [9.17, 15) is 14.4 Å². The standard InChI is InChI=1S/C17H21N3O4/c21-9-6-11-4-7-20(8-5-11)13-3-1-2-12(10-13)14-15(22)18-17(24)19-16(14)23/h1-3,10-11,14,21H,4-9H2,(H2,18,19,22,23,24). The quantitative estimate of drug-likeness (QED) is 0.707. The molecule has 3 N–H and O–H groups in total. The highest BCUT2D eigenvalue weighted by molar-refractivity contribution is 6.19. The van der Waals surface area contributed by atoms with Crippen LogP contribution in [0.1, 0.15) is 30.7 Å². The molecule has 2 saturated heterocycles. The fourth-order valence-corrected chi connectivity index (χ4v) is 3.38. The van der Waals surface area contributed by atoms with Crippen LogP contribution in [0.4, 0.5) is 10.5 Å². The third-order valence-corrected chi connectivity index (χ3v) is 4.72. The van der Waals surface area contributed by atoms with E-state index < -0.39 is 23.8 Å². The highest BCUT2D eigenvalue weighted by atomic mass is 16.3. The molecule has 2 aliphatic rings. The maximum absolute atomic E-state index is 12.0. The minimum absolute atomic E-state index is 0.227. The van der Waals surface area contributed by atoms with E-state index in [2.05, 4.69) is 15.5 Å². The van der Waals surface area contributed by atoms with Crippen LogP contribution in [0.25, 0.3) is 0 Å². The number of amides is 4. The van der Waals surface area contributed by atoms with E-state index in [1.54, 1.807) is 6.07 Å². The van der Waals surface area contributed by atoms with Gasteiger partial charge in [0.05, 0.1) is 0 Å². The van der Waals surface area contributed by atoms with Gasteiger partial charge in [0.15, 0.2) is 0 Å². The van der Waals surface area contributed by atoms with Crippen LogP contribution in [-0.4, -0.2) is 42.6 Å². The Morgan fingerprint density at radius 2 is 1.75 bits per heavy atom. The molecule has 7 heteroatoms. The van der Waals surface area contributed by atoms with Gasteiger partial charge >= 0.3 is 6.03 Å². The largest absolute Gasteiger partial charge is 0.396 e. The first-order valence-electron chi connectivity index (χ1n) is 8.20. The summed E-state index contributed by atoms with van der Waals surface area (Å²) in [6.07, 6.45) is 2.87. The molecular weight excluding hydrogens is 310 g/mol. The minimum atomic E-state index is -1.01. The predicted molar refractivity (Wildman–Crippen MR) is 87.5 cm³/mol. The van der Waals surface area contributed by atoms with Crippen molar-refractivity contribution in [3.8, 4) is 0 Å². The normalized spacial score (nSPS) is 20.0. The molecule has 4 amide bonds. The number of anilines is 1. The summed E-state index contributed by atoms with van der Waals surface area (Å²) in [6, 6.07) is 6.57. The van der Waals surface area contributed by atoms with Crippen molar-refractivity contribution in [1.29, 1.82) is 0 Å². The van der Waals surface area contributed by atoms with Gasteiger partial charge in [0.25, 0.3) is 0 Å². The Labute approximate surface area is 140 Å². The topological polar surface area (TPSA) is 98.7 Å². The molecule has 3 rings (SSSR count). The number of urea groups is 1. The first-order chi connectivity index (χ1) is 11.6. The van der Waals surface area contributed by atoms with Gasteiger partial charge in [-0.3, -0.25) is 20.2 Å². The van der Waals surface area contributed by atoms with Gasteiger partial charge in [-0.05, 0) is 42.9 Å². The summed E-state index contributed by atoms with van der Waals surface area (Å²) in [7, 11) is 0. The summed E-state index contributed by atoms with van der Waals surface area (Å²) in [5, 5.41) is 13.3. The van der Waals surface area contributed by atoms with Crippen molar-refractivity contribution >= 4 is 23.5 Å². The second kappa shape index (κ2) is 7.00. The van der Waals surface area contributed by atoms with Gasteiger partial charge in [-0.15, -0.1) is 0 Å².